The zero-order valence-electron chi connectivity index (χ0n) is 16.3. The van der Waals surface area contributed by atoms with Crippen molar-refractivity contribution in [2.45, 2.75) is 13.5 Å². The number of pyridine rings is 1. The number of amides is 1. The number of halogens is 1. The summed E-state index contributed by atoms with van der Waals surface area (Å²) in [5, 5.41) is 3.43. The summed E-state index contributed by atoms with van der Waals surface area (Å²) >= 11 is 1.40. The summed E-state index contributed by atoms with van der Waals surface area (Å²) < 4.78 is 14.7. The predicted octanol–water partition coefficient (Wildman–Crippen LogP) is 2.42. The van der Waals surface area contributed by atoms with E-state index >= 15 is 0 Å². The molecule has 0 radical (unpaired) electrons. The van der Waals surface area contributed by atoms with Crippen molar-refractivity contribution in [3.05, 3.63) is 97.8 Å². The summed E-state index contributed by atoms with van der Waals surface area (Å²) in [5.74, 6) is -1.45. The molecular formula is C21H16FN5O3S. The molecule has 31 heavy (non-hydrogen) atoms. The van der Waals surface area contributed by atoms with Crippen molar-refractivity contribution in [3.63, 3.8) is 0 Å². The van der Waals surface area contributed by atoms with Gasteiger partial charge in [-0.1, -0.05) is 12.1 Å². The van der Waals surface area contributed by atoms with Gasteiger partial charge in [-0.3, -0.25) is 14.6 Å². The van der Waals surface area contributed by atoms with Gasteiger partial charge in [0.2, 0.25) is 0 Å². The molecule has 1 amide bonds. The Morgan fingerprint density at radius 3 is 2.77 bits per heavy atom. The maximum Gasteiger partial charge on any atom is 0.333 e. The van der Waals surface area contributed by atoms with E-state index in [1.165, 1.54) is 29.5 Å². The molecule has 0 saturated heterocycles. The number of carbonyl (C=O) groups excluding carboxylic acids is 1. The summed E-state index contributed by atoms with van der Waals surface area (Å²) in [6.45, 7) is 1.96. The number of rotatable bonds is 5. The van der Waals surface area contributed by atoms with Crippen LogP contribution in [0.4, 0.5) is 4.39 Å². The SMILES string of the molecule is Cc1nc(-c2cccnc2)sc1CNC(=O)c1c[nH]c(=O)n(-c2ccccc2F)c1=O. The van der Waals surface area contributed by atoms with Gasteiger partial charge in [0.15, 0.2) is 0 Å². The lowest BCUT2D eigenvalue weighted by Gasteiger charge is -2.08. The van der Waals surface area contributed by atoms with Crippen molar-refractivity contribution >= 4 is 17.2 Å². The van der Waals surface area contributed by atoms with Crippen molar-refractivity contribution in [2.75, 3.05) is 0 Å². The zero-order chi connectivity index (χ0) is 22.0. The Kier molecular flexibility index (Phi) is 5.54. The molecule has 3 heterocycles. The maximum absolute atomic E-state index is 14.1. The van der Waals surface area contributed by atoms with Crippen molar-refractivity contribution in [1.29, 1.82) is 0 Å². The van der Waals surface area contributed by atoms with Gasteiger partial charge in [0.05, 0.1) is 17.9 Å². The van der Waals surface area contributed by atoms with Crippen LogP contribution in [0.5, 0.6) is 0 Å². The summed E-state index contributed by atoms with van der Waals surface area (Å²) in [5.41, 5.74) is -0.689. The molecule has 0 spiro atoms. The molecule has 1 aromatic carbocycles. The van der Waals surface area contributed by atoms with Gasteiger partial charge in [-0.15, -0.1) is 11.3 Å². The molecule has 0 fully saturated rings. The normalized spacial score (nSPS) is 10.8. The minimum Gasteiger partial charge on any atom is -0.347 e. The molecule has 2 N–H and O–H groups in total. The number of aryl methyl sites for hydroxylation is 1. The second kappa shape index (κ2) is 8.44. The third-order valence-electron chi connectivity index (χ3n) is 4.53. The van der Waals surface area contributed by atoms with Crippen LogP contribution >= 0.6 is 11.3 Å². The number of hydrogen-bond donors (Lipinski definition) is 2. The summed E-state index contributed by atoms with van der Waals surface area (Å²) in [4.78, 5) is 49.2. The quantitative estimate of drug-likeness (QED) is 0.498. The van der Waals surface area contributed by atoms with E-state index in [1.54, 1.807) is 12.4 Å². The standard InChI is InChI=1S/C21H16FN5O3S/c1-12-17(31-19(26-12)13-5-4-8-23-9-13)11-24-18(28)14-10-25-21(30)27(20(14)29)16-7-3-2-6-15(16)22/h2-10H,11H2,1H3,(H,24,28)(H,25,30). The van der Waals surface area contributed by atoms with Crippen LogP contribution < -0.4 is 16.6 Å². The number of benzene rings is 1. The fourth-order valence-electron chi connectivity index (χ4n) is 2.95. The molecule has 4 rings (SSSR count). The van der Waals surface area contributed by atoms with E-state index in [4.69, 9.17) is 0 Å². The van der Waals surface area contributed by atoms with Gasteiger partial charge in [0.1, 0.15) is 16.4 Å². The molecule has 4 aromatic rings. The number of carbonyl (C=O) groups is 1. The molecule has 10 heteroatoms. The Labute approximate surface area is 179 Å². The topological polar surface area (TPSA) is 110 Å². The number of thiazole rings is 1. The lowest BCUT2D eigenvalue weighted by Crippen LogP contribution is -2.39. The number of aromatic amines is 1. The van der Waals surface area contributed by atoms with E-state index in [9.17, 15) is 18.8 Å². The van der Waals surface area contributed by atoms with Crippen LogP contribution in [-0.2, 0) is 6.54 Å². The third kappa shape index (κ3) is 4.05. The predicted molar refractivity (Wildman–Crippen MR) is 114 cm³/mol. The van der Waals surface area contributed by atoms with Crippen LogP contribution in [0.15, 0.2) is 64.6 Å². The fraction of sp³-hybridized carbons (Fsp3) is 0.0952. The van der Waals surface area contributed by atoms with Gasteiger partial charge in [-0.25, -0.2) is 18.7 Å². The molecule has 0 bridgehead atoms. The number of hydrogen-bond acceptors (Lipinski definition) is 6. The first kappa shape index (κ1) is 20.4. The van der Waals surface area contributed by atoms with Crippen LogP contribution in [0.2, 0.25) is 0 Å². The summed E-state index contributed by atoms with van der Waals surface area (Å²) in [6, 6.07) is 9.04. The molecule has 0 atom stereocenters. The van der Waals surface area contributed by atoms with E-state index in [1.807, 2.05) is 19.1 Å². The second-order valence-electron chi connectivity index (χ2n) is 6.55. The molecule has 3 aromatic heterocycles. The lowest BCUT2D eigenvalue weighted by molar-refractivity contribution is 0.0949. The number of aromatic nitrogens is 4. The molecular weight excluding hydrogens is 421 g/mol. The zero-order valence-corrected chi connectivity index (χ0v) is 17.1. The van der Waals surface area contributed by atoms with Crippen LogP contribution in [0, 0.1) is 12.7 Å². The molecule has 0 saturated carbocycles. The van der Waals surface area contributed by atoms with Crippen molar-refractivity contribution in [3.8, 4) is 16.3 Å². The van der Waals surface area contributed by atoms with Gasteiger partial charge in [-0.05, 0) is 31.2 Å². The Bertz CT molecular complexity index is 1380. The summed E-state index contributed by atoms with van der Waals surface area (Å²) in [6.07, 6.45) is 4.40. The first-order valence-electron chi connectivity index (χ1n) is 9.20. The van der Waals surface area contributed by atoms with E-state index in [0.717, 1.165) is 33.4 Å². The van der Waals surface area contributed by atoms with E-state index in [0.29, 0.717) is 4.57 Å². The van der Waals surface area contributed by atoms with Gasteiger partial charge >= 0.3 is 5.69 Å². The van der Waals surface area contributed by atoms with E-state index < -0.39 is 23.0 Å². The Morgan fingerprint density at radius 2 is 2.03 bits per heavy atom. The van der Waals surface area contributed by atoms with Crippen molar-refractivity contribution < 1.29 is 9.18 Å². The molecule has 0 unspecified atom stereocenters. The minimum absolute atomic E-state index is 0.140. The van der Waals surface area contributed by atoms with Gasteiger partial charge in [-0.2, -0.15) is 0 Å². The highest BCUT2D eigenvalue weighted by Gasteiger charge is 2.18. The van der Waals surface area contributed by atoms with Crippen LogP contribution in [0.1, 0.15) is 20.9 Å². The maximum atomic E-state index is 14.1. The molecule has 0 aliphatic carbocycles. The molecule has 156 valence electrons. The Balaban J connectivity index is 1.59. The van der Waals surface area contributed by atoms with Crippen LogP contribution in [-0.4, -0.2) is 25.4 Å². The highest BCUT2D eigenvalue weighted by atomic mass is 32.1. The molecule has 0 aliphatic rings. The average Bonchev–Trinajstić information content (AvgIpc) is 3.14. The van der Waals surface area contributed by atoms with Crippen molar-refractivity contribution in [1.82, 2.24) is 24.8 Å². The minimum atomic E-state index is -0.913. The molecule has 8 nitrogen and oxygen atoms in total. The molecule has 0 aliphatic heterocycles. The number of nitrogens with one attached hydrogen (secondary N) is 2. The smallest absolute Gasteiger partial charge is 0.333 e. The van der Waals surface area contributed by atoms with Gasteiger partial charge in [0, 0.05) is 29.0 Å². The van der Waals surface area contributed by atoms with E-state index in [2.05, 4.69) is 20.3 Å². The summed E-state index contributed by atoms with van der Waals surface area (Å²) in [7, 11) is 0. The van der Waals surface area contributed by atoms with Gasteiger partial charge < -0.3 is 10.3 Å². The average molecular weight is 437 g/mol. The highest BCUT2D eigenvalue weighted by molar-refractivity contribution is 7.15. The lowest BCUT2D eigenvalue weighted by atomic mass is 10.2. The Morgan fingerprint density at radius 1 is 1.23 bits per heavy atom. The monoisotopic (exact) mass is 437 g/mol. The van der Waals surface area contributed by atoms with Crippen LogP contribution in [0.25, 0.3) is 16.3 Å². The van der Waals surface area contributed by atoms with E-state index in [-0.39, 0.29) is 17.8 Å². The van der Waals surface area contributed by atoms with Gasteiger partial charge in [0.25, 0.3) is 11.5 Å². The largest absolute Gasteiger partial charge is 0.347 e. The number of nitrogens with zero attached hydrogens (tertiary/aromatic N) is 3. The highest BCUT2D eigenvalue weighted by Crippen LogP contribution is 2.27. The number of H-pyrrole nitrogens is 1. The van der Waals surface area contributed by atoms with Crippen molar-refractivity contribution in [2.24, 2.45) is 0 Å². The first-order valence-corrected chi connectivity index (χ1v) is 10.0. The fourth-order valence-corrected chi connectivity index (χ4v) is 3.94. The third-order valence-corrected chi connectivity index (χ3v) is 5.73. The number of para-hydroxylation sites is 1. The first-order chi connectivity index (χ1) is 15.0. The second-order valence-corrected chi connectivity index (χ2v) is 7.64. The van der Waals surface area contributed by atoms with Crippen LogP contribution in [0.3, 0.4) is 0 Å². The Hall–Kier alpha value is -3.92.